The molecule has 4 aliphatic carbocycles. The lowest BCUT2D eigenvalue weighted by Gasteiger charge is -2.59. The number of allylic oxidation sites excluding steroid dienone is 1. The van der Waals surface area contributed by atoms with Crippen molar-refractivity contribution in [2.45, 2.75) is 114 Å². The van der Waals surface area contributed by atoms with Crippen LogP contribution in [0.2, 0.25) is 0 Å². The lowest BCUT2D eigenvalue weighted by molar-refractivity contribution is -0.362. The molecule has 250 valence electrons. The maximum Gasteiger partial charge on any atom is 0.456 e. The molecule has 0 radical (unpaired) electrons. The van der Waals surface area contributed by atoms with Crippen LogP contribution >= 0.6 is 0 Å². The third-order valence-electron chi connectivity index (χ3n) is 11.6. The molecule has 6 nitrogen and oxygen atoms in total. The van der Waals surface area contributed by atoms with E-state index in [1.165, 1.54) is 6.92 Å². The highest BCUT2D eigenvalue weighted by atomic mass is 19.4. The van der Waals surface area contributed by atoms with E-state index in [0.717, 1.165) is 22.3 Å². The van der Waals surface area contributed by atoms with E-state index in [-0.39, 0.29) is 30.6 Å². The van der Waals surface area contributed by atoms with Crippen LogP contribution in [-0.4, -0.2) is 65.3 Å². The number of ether oxygens (including phenoxy) is 2. The summed E-state index contributed by atoms with van der Waals surface area (Å²) < 4.78 is 84.8. The normalized spacial score (nSPS) is 37.8. The van der Waals surface area contributed by atoms with Gasteiger partial charge in [-0.3, -0.25) is 0 Å². The summed E-state index contributed by atoms with van der Waals surface area (Å²) in [5, 5.41) is 27.7. The number of hydrogen-bond acceptors (Lipinski definition) is 6. The van der Waals surface area contributed by atoms with E-state index in [0.29, 0.717) is 45.5 Å². The molecule has 0 amide bonds. The molecule has 6 rings (SSSR count). The molecular weight excluding hydrogens is 597 g/mol. The molecule has 4 fully saturated rings. The van der Waals surface area contributed by atoms with Crippen LogP contribution in [0.25, 0.3) is 0 Å². The first-order valence-corrected chi connectivity index (χ1v) is 16.1. The Kier molecular flexibility index (Phi) is 7.82. The standard InChI is InChI=1S/C34H44F5NO5/c1-5-45-40-17-21-6-8-22(9-7-21)24-16-29(4)25(12-15-32(29,42)33(35,36)34(37,38)39)23-10-13-30(41)18-31(14-11-26(30)27(23)24)43-19-28(2,3)20-44-31/h6-9,17,23-25,41-42H,5,10-16,18-20H2,1-4H3/t23-,24+,25-,29-,30+,32-/m0/s1. The molecule has 0 bridgehead atoms. The molecule has 1 heterocycles. The molecule has 6 atom stereocenters. The zero-order chi connectivity index (χ0) is 32.7. The van der Waals surface area contributed by atoms with Gasteiger partial charge in [0.15, 0.2) is 5.79 Å². The highest BCUT2D eigenvalue weighted by Gasteiger charge is 2.79. The Labute approximate surface area is 261 Å². The van der Waals surface area contributed by atoms with Crippen molar-refractivity contribution in [3.63, 3.8) is 0 Å². The maximum absolute atomic E-state index is 15.3. The smallest absolute Gasteiger partial charge is 0.396 e. The van der Waals surface area contributed by atoms with Crippen molar-refractivity contribution in [3.8, 4) is 0 Å². The SMILES string of the molecule is CCON=Cc1ccc([C@H]2C[C@@]3(C)[C@@H](CC[C@@]3(O)C(F)(F)C(F)(F)F)[C@@H]3CC[C@@]4(O)CC5(CCC4=C32)OCC(C)(C)CO5)cc1. The van der Waals surface area contributed by atoms with Crippen molar-refractivity contribution in [2.24, 2.45) is 27.8 Å². The van der Waals surface area contributed by atoms with Gasteiger partial charge in [0.05, 0.1) is 25.0 Å². The Hall–Kier alpha value is -2.08. The van der Waals surface area contributed by atoms with E-state index in [9.17, 15) is 23.4 Å². The van der Waals surface area contributed by atoms with Crippen molar-refractivity contribution in [2.75, 3.05) is 19.8 Å². The van der Waals surface area contributed by atoms with E-state index in [1.807, 2.05) is 12.1 Å². The molecule has 3 saturated carbocycles. The number of hydrogen-bond donors (Lipinski definition) is 2. The van der Waals surface area contributed by atoms with Crippen molar-refractivity contribution < 1.29 is 46.5 Å². The van der Waals surface area contributed by atoms with E-state index in [2.05, 4.69) is 19.0 Å². The molecule has 45 heavy (non-hydrogen) atoms. The predicted octanol–water partition coefficient (Wildman–Crippen LogP) is 7.28. The van der Waals surface area contributed by atoms with Crippen LogP contribution in [0.5, 0.6) is 0 Å². The van der Waals surface area contributed by atoms with Gasteiger partial charge >= 0.3 is 12.1 Å². The van der Waals surface area contributed by atoms with Gasteiger partial charge in [0.25, 0.3) is 0 Å². The number of alkyl halides is 5. The minimum atomic E-state index is -5.89. The van der Waals surface area contributed by atoms with Gasteiger partial charge in [0, 0.05) is 29.6 Å². The second-order valence-electron chi connectivity index (χ2n) is 15.0. The fourth-order valence-corrected chi connectivity index (χ4v) is 9.29. The summed E-state index contributed by atoms with van der Waals surface area (Å²) in [6.07, 6.45) is -3.14. The largest absolute Gasteiger partial charge is 0.456 e. The molecule has 1 saturated heterocycles. The first-order valence-electron chi connectivity index (χ1n) is 16.1. The van der Waals surface area contributed by atoms with Crippen LogP contribution in [0.4, 0.5) is 22.0 Å². The first-order chi connectivity index (χ1) is 20.9. The summed E-state index contributed by atoms with van der Waals surface area (Å²) in [5.41, 5.74) is -3.18. The number of rotatable bonds is 5. The molecule has 5 aliphatic rings. The number of aliphatic hydroxyl groups is 2. The van der Waals surface area contributed by atoms with Gasteiger partial charge in [-0.1, -0.05) is 55.8 Å². The molecular formula is C34H44F5NO5. The summed E-state index contributed by atoms with van der Waals surface area (Å²) >= 11 is 0. The maximum atomic E-state index is 15.3. The van der Waals surface area contributed by atoms with Crippen LogP contribution in [0.1, 0.15) is 96.1 Å². The Morgan fingerprint density at radius 2 is 1.64 bits per heavy atom. The second kappa shape index (κ2) is 10.7. The van der Waals surface area contributed by atoms with Crippen LogP contribution in [-0.2, 0) is 14.3 Å². The minimum absolute atomic E-state index is 0.0450. The summed E-state index contributed by atoms with van der Waals surface area (Å²) in [6.45, 7) is 8.72. The highest BCUT2D eigenvalue weighted by Crippen LogP contribution is 2.71. The molecule has 1 aromatic rings. The molecule has 11 heteroatoms. The van der Waals surface area contributed by atoms with Gasteiger partial charge < -0.3 is 24.5 Å². The lowest BCUT2D eigenvalue weighted by Crippen LogP contribution is -2.65. The third-order valence-corrected chi connectivity index (χ3v) is 11.6. The van der Waals surface area contributed by atoms with Crippen molar-refractivity contribution in [3.05, 3.63) is 46.5 Å². The van der Waals surface area contributed by atoms with Gasteiger partial charge in [0.2, 0.25) is 0 Å². The van der Waals surface area contributed by atoms with Crippen molar-refractivity contribution in [1.82, 2.24) is 0 Å². The van der Waals surface area contributed by atoms with Crippen molar-refractivity contribution >= 4 is 6.21 Å². The Balaban J connectivity index is 1.44. The number of halogens is 5. The first kappa shape index (κ1) is 32.8. The quantitative estimate of drug-likeness (QED) is 0.153. The predicted molar refractivity (Wildman–Crippen MR) is 157 cm³/mol. The van der Waals surface area contributed by atoms with Crippen LogP contribution < -0.4 is 0 Å². The topological polar surface area (TPSA) is 80.5 Å². The average molecular weight is 642 g/mol. The zero-order valence-electron chi connectivity index (χ0n) is 26.4. The Morgan fingerprint density at radius 1 is 0.978 bits per heavy atom. The van der Waals surface area contributed by atoms with E-state index >= 15 is 8.78 Å². The van der Waals surface area contributed by atoms with Gasteiger partial charge in [-0.25, -0.2) is 0 Å². The zero-order valence-corrected chi connectivity index (χ0v) is 26.4. The van der Waals surface area contributed by atoms with Gasteiger partial charge in [-0.2, -0.15) is 22.0 Å². The van der Waals surface area contributed by atoms with Crippen LogP contribution in [0.3, 0.4) is 0 Å². The van der Waals surface area contributed by atoms with Crippen LogP contribution in [0.15, 0.2) is 40.6 Å². The Morgan fingerprint density at radius 3 is 2.27 bits per heavy atom. The van der Waals surface area contributed by atoms with Crippen LogP contribution in [0, 0.1) is 22.7 Å². The molecule has 1 aromatic carbocycles. The monoisotopic (exact) mass is 641 g/mol. The summed E-state index contributed by atoms with van der Waals surface area (Å²) in [4.78, 5) is 5.05. The van der Waals surface area contributed by atoms with E-state index in [1.54, 1.807) is 25.3 Å². The molecule has 0 aromatic heterocycles. The summed E-state index contributed by atoms with van der Waals surface area (Å²) in [7, 11) is 0. The van der Waals surface area contributed by atoms with Crippen molar-refractivity contribution in [1.29, 1.82) is 0 Å². The van der Waals surface area contributed by atoms with Gasteiger partial charge in [0.1, 0.15) is 12.2 Å². The fraction of sp³-hybridized carbons (Fsp3) is 0.735. The van der Waals surface area contributed by atoms with E-state index in [4.69, 9.17) is 14.3 Å². The summed E-state index contributed by atoms with van der Waals surface area (Å²) in [6, 6.07) is 7.26. The molecule has 1 spiro atoms. The number of nitrogens with zero attached hydrogens (tertiary/aromatic N) is 1. The highest BCUT2D eigenvalue weighted by molar-refractivity contribution is 5.79. The number of fused-ring (bicyclic) bond motifs is 4. The van der Waals surface area contributed by atoms with E-state index < -0.39 is 52.8 Å². The number of benzene rings is 1. The van der Waals surface area contributed by atoms with Gasteiger partial charge in [-0.05, 0) is 74.0 Å². The lowest BCUT2D eigenvalue weighted by atomic mass is 9.49. The second-order valence-corrected chi connectivity index (χ2v) is 15.0. The third kappa shape index (κ3) is 5.06. The molecule has 2 N–H and O–H groups in total. The minimum Gasteiger partial charge on any atom is -0.396 e. The molecule has 0 unspecified atom stereocenters. The fourth-order valence-electron chi connectivity index (χ4n) is 9.29. The summed E-state index contributed by atoms with van der Waals surface area (Å²) in [5.74, 6) is -7.75. The Bertz CT molecular complexity index is 1350. The molecule has 1 aliphatic heterocycles. The number of oxime groups is 1. The van der Waals surface area contributed by atoms with Gasteiger partial charge in [-0.15, -0.1) is 0 Å². The average Bonchev–Trinajstić information content (AvgIpc) is 3.25.